The number of anilines is 1. The molecule has 2 heterocycles. The topological polar surface area (TPSA) is 75.3 Å². The van der Waals surface area contributed by atoms with Crippen molar-refractivity contribution in [2.75, 3.05) is 11.9 Å². The zero-order chi connectivity index (χ0) is 20.0. The van der Waals surface area contributed by atoms with Gasteiger partial charge in [-0.05, 0) is 55.4 Å². The number of phenols is 1. The van der Waals surface area contributed by atoms with E-state index in [1.54, 1.807) is 19.2 Å². The first kappa shape index (κ1) is 18.2. The van der Waals surface area contributed by atoms with Crippen LogP contribution >= 0.6 is 0 Å². The maximum absolute atomic E-state index is 10.5. The Morgan fingerprint density at radius 3 is 2.45 bits per heavy atom. The molecule has 5 rings (SSSR count). The Morgan fingerprint density at radius 2 is 1.83 bits per heavy atom. The molecule has 1 unspecified atom stereocenters. The zero-order valence-electron chi connectivity index (χ0n) is 16.9. The Bertz CT molecular complexity index is 1000. The highest BCUT2D eigenvalue weighted by Crippen LogP contribution is 2.43. The van der Waals surface area contributed by atoms with E-state index < -0.39 is 0 Å². The molecule has 1 N–H and O–H groups in total. The lowest BCUT2D eigenvalue weighted by molar-refractivity contribution is 0.312. The minimum atomic E-state index is 0.149. The average molecular weight is 390 g/mol. The minimum Gasteiger partial charge on any atom is -0.507 e. The first-order chi connectivity index (χ1) is 14.1. The summed E-state index contributed by atoms with van der Waals surface area (Å²) in [6.07, 6.45) is 8.38. The maximum Gasteiger partial charge on any atom is 0.191 e. The second-order valence-corrected chi connectivity index (χ2v) is 8.53. The summed E-state index contributed by atoms with van der Waals surface area (Å²) in [7, 11) is 2.13. The summed E-state index contributed by atoms with van der Waals surface area (Å²) >= 11 is 0. The third kappa shape index (κ3) is 3.48. The van der Waals surface area contributed by atoms with Gasteiger partial charge in [0.25, 0.3) is 0 Å². The van der Waals surface area contributed by atoms with Crippen LogP contribution in [0.4, 0.5) is 5.82 Å². The van der Waals surface area contributed by atoms with Crippen LogP contribution in [0.2, 0.25) is 0 Å². The van der Waals surface area contributed by atoms with Crippen LogP contribution in [0.1, 0.15) is 38.0 Å². The largest absolute Gasteiger partial charge is 0.507 e. The second kappa shape index (κ2) is 7.17. The smallest absolute Gasteiger partial charge is 0.191 e. The summed E-state index contributed by atoms with van der Waals surface area (Å²) in [5.74, 6) is 4.05. The number of phenolic OH excluding ortho intramolecular Hbond substituents is 1. The standard InChI is InChI=1S/C23H26N4O2/c1-14-24-13-22(29-14)17-5-6-19(21(28)12-17)20-7-8-23(26-25-20)27(2)18-10-15-3-4-16(9-15)11-18/h5-8,12-13,15-16,18,28H,3-4,9-11H2,1-2H3/t15-,16+,18?. The molecule has 3 atom stereocenters. The van der Waals surface area contributed by atoms with Crippen LogP contribution in [0.3, 0.4) is 0 Å². The van der Waals surface area contributed by atoms with Crippen LogP contribution in [-0.4, -0.2) is 33.4 Å². The van der Waals surface area contributed by atoms with Gasteiger partial charge in [-0.1, -0.05) is 18.9 Å². The molecule has 2 fully saturated rings. The average Bonchev–Trinajstić information content (AvgIpc) is 3.32. The van der Waals surface area contributed by atoms with Gasteiger partial charge in [-0.15, -0.1) is 10.2 Å². The molecule has 0 radical (unpaired) electrons. The molecule has 2 bridgehead atoms. The molecule has 2 aliphatic carbocycles. The molecule has 0 aliphatic heterocycles. The van der Waals surface area contributed by atoms with Gasteiger partial charge in [0.2, 0.25) is 0 Å². The van der Waals surface area contributed by atoms with Crippen molar-refractivity contribution in [2.45, 2.75) is 45.1 Å². The van der Waals surface area contributed by atoms with Crippen molar-refractivity contribution in [3.05, 3.63) is 42.4 Å². The first-order valence-electron chi connectivity index (χ1n) is 10.4. The van der Waals surface area contributed by atoms with Crippen LogP contribution in [0.15, 0.2) is 40.9 Å². The monoisotopic (exact) mass is 390 g/mol. The fourth-order valence-corrected chi connectivity index (χ4v) is 5.03. The molecule has 2 aromatic heterocycles. The SMILES string of the molecule is Cc1ncc(-c2ccc(-c3ccc(N(C)C4C[C@H]5CC[C@@H](C4)C5)nn3)c(O)c2)o1. The molecule has 3 aromatic rings. The van der Waals surface area contributed by atoms with Gasteiger partial charge >= 0.3 is 0 Å². The van der Waals surface area contributed by atoms with E-state index in [1.807, 2.05) is 24.3 Å². The molecule has 150 valence electrons. The number of aromatic nitrogens is 3. The summed E-state index contributed by atoms with van der Waals surface area (Å²) in [6.45, 7) is 1.80. The number of fused-ring (bicyclic) bond motifs is 2. The van der Waals surface area contributed by atoms with Crippen LogP contribution in [0.5, 0.6) is 5.75 Å². The van der Waals surface area contributed by atoms with Crippen molar-refractivity contribution in [1.29, 1.82) is 0 Å². The predicted molar refractivity (Wildman–Crippen MR) is 112 cm³/mol. The number of aromatic hydroxyl groups is 1. The minimum absolute atomic E-state index is 0.149. The first-order valence-corrected chi connectivity index (χ1v) is 10.4. The second-order valence-electron chi connectivity index (χ2n) is 8.53. The third-order valence-corrected chi connectivity index (χ3v) is 6.60. The lowest BCUT2D eigenvalue weighted by Crippen LogP contribution is -2.37. The molecule has 6 heteroatoms. The molecular formula is C23H26N4O2. The van der Waals surface area contributed by atoms with Gasteiger partial charge in [0.1, 0.15) is 5.75 Å². The number of oxazole rings is 1. The Labute approximate surface area is 170 Å². The predicted octanol–water partition coefficient (Wildman–Crippen LogP) is 4.83. The molecule has 2 saturated carbocycles. The Hall–Kier alpha value is -2.89. The summed E-state index contributed by atoms with van der Waals surface area (Å²) in [5, 5.41) is 19.4. The highest BCUT2D eigenvalue weighted by molar-refractivity contribution is 5.72. The van der Waals surface area contributed by atoms with Crippen LogP contribution in [-0.2, 0) is 0 Å². The van der Waals surface area contributed by atoms with Crippen molar-refractivity contribution in [1.82, 2.24) is 15.2 Å². The van der Waals surface area contributed by atoms with E-state index in [4.69, 9.17) is 4.42 Å². The molecular weight excluding hydrogens is 364 g/mol. The van der Waals surface area contributed by atoms with E-state index >= 15 is 0 Å². The van der Waals surface area contributed by atoms with Crippen LogP contribution < -0.4 is 4.90 Å². The van der Waals surface area contributed by atoms with Gasteiger partial charge in [-0.3, -0.25) is 0 Å². The summed E-state index contributed by atoms with van der Waals surface area (Å²) < 4.78 is 5.53. The molecule has 1 aromatic carbocycles. The summed E-state index contributed by atoms with van der Waals surface area (Å²) in [6, 6.07) is 9.91. The van der Waals surface area contributed by atoms with Gasteiger partial charge in [-0.25, -0.2) is 4.98 Å². The van der Waals surface area contributed by atoms with E-state index in [0.717, 1.165) is 23.2 Å². The van der Waals surface area contributed by atoms with E-state index in [1.165, 1.54) is 32.1 Å². The van der Waals surface area contributed by atoms with Crippen molar-refractivity contribution in [3.63, 3.8) is 0 Å². The highest BCUT2D eigenvalue weighted by atomic mass is 16.4. The van der Waals surface area contributed by atoms with E-state index in [-0.39, 0.29) is 5.75 Å². The Balaban J connectivity index is 1.34. The zero-order valence-corrected chi connectivity index (χ0v) is 16.9. The van der Waals surface area contributed by atoms with Gasteiger partial charge in [0.05, 0.1) is 11.9 Å². The molecule has 0 spiro atoms. The molecule has 29 heavy (non-hydrogen) atoms. The molecule has 2 aliphatic rings. The van der Waals surface area contributed by atoms with Gasteiger partial charge in [0.15, 0.2) is 17.5 Å². The number of hydrogen-bond donors (Lipinski definition) is 1. The van der Waals surface area contributed by atoms with Crippen molar-refractivity contribution in [3.8, 4) is 28.3 Å². The Morgan fingerprint density at radius 1 is 1.03 bits per heavy atom. The summed E-state index contributed by atoms with van der Waals surface area (Å²) in [5.41, 5.74) is 2.09. The lowest BCUT2D eigenvalue weighted by Gasteiger charge is -2.35. The third-order valence-electron chi connectivity index (χ3n) is 6.60. The van der Waals surface area contributed by atoms with Gasteiger partial charge in [0, 0.05) is 31.1 Å². The van der Waals surface area contributed by atoms with E-state index in [0.29, 0.717) is 29.0 Å². The van der Waals surface area contributed by atoms with E-state index in [2.05, 4.69) is 27.1 Å². The molecule has 6 nitrogen and oxygen atoms in total. The number of hydrogen-bond acceptors (Lipinski definition) is 6. The number of rotatable bonds is 4. The van der Waals surface area contributed by atoms with Crippen molar-refractivity contribution in [2.24, 2.45) is 11.8 Å². The number of benzene rings is 1. The normalized spacial score (nSPS) is 23.3. The quantitative estimate of drug-likeness (QED) is 0.688. The lowest BCUT2D eigenvalue weighted by atomic mass is 9.85. The highest BCUT2D eigenvalue weighted by Gasteiger charge is 2.36. The fraction of sp³-hybridized carbons (Fsp3) is 0.435. The molecule has 0 saturated heterocycles. The van der Waals surface area contributed by atoms with Gasteiger partial charge in [-0.2, -0.15) is 0 Å². The maximum atomic E-state index is 10.5. The number of nitrogens with zero attached hydrogens (tertiary/aromatic N) is 4. The van der Waals surface area contributed by atoms with Crippen molar-refractivity contribution < 1.29 is 9.52 Å². The number of aryl methyl sites for hydroxylation is 1. The summed E-state index contributed by atoms with van der Waals surface area (Å²) in [4.78, 5) is 6.39. The fourth-order valence-electron chi connectivity index (χ4n) is 5.03. The van der Waals surface area contributed by atoms with E-state index in [9.17, 15) is 5.11 Å². The van der Waals surface area contributed by atoms with Crippen LogP contribution in [0.25, 0.3) is 22.6 Å². The Kier molecular flexibility index (Phi) is 4.49. The van der Waals surface area contributed by atoms with Gasteiger partial charge < -0.3 is 14.4 Å². The van der Waals surface area contributed by atoms with Crippen LogP contribution in [0, 0.1) is 18.8 Å². The van der Waals surface area contributed by atoms with Crippen molar-refractivity contribution >= 4 is 5.82 Å². The molecule has 0 amide bonds.